The molecule has 2 amide bonds. The van der Waals surface area contributed by atoms with E-state index in [1.807, 2.05) is 12.1 Å². The number of nitrogens with two attached hydrogens (primary N) is 1. The highest BCUT2D eigenvalue weighted by atomic mass is 16.6. The minimum atomic E-state index is -1.10. The number of ether oxygens (including phenoxy) is 1. The van der Waals surface area contributed by atoms with Crippen LogP contribution in [0.1, 0.15) is 16.1 Å². The number of amides is 2. The summed E-state index contributed by atoms with van der Waals surface area (Å²) < 4.78 is 5.20. The number of nitro benzene ring substituents is 1. The van der Waals surface area contributed by atoms with E-state index in [1.54, 1.807) is 24.3 Å². The zero-order valence-electron chi connectivity index (χ0n) is 15.5. The van der Waals surface area contributed by atoms with Crippen molar-refractivity contribution in [3.05, 3.63) is 76.0 Å². The number of carbonyl (C=O) groups is 2. The quantitative estimate of drug-likeness (QED) is 0.464. The van der Waals surface area contributed by atoms with Gasteiger partial charge in [0.25, 0.3) is 11.6 Å². The van der Waals surface area contributed by atoms with E-state index in [1.165, 1.54) is 25.3 Å². The molecule has 0 bridgehead atoms. The van der Waals surface area contributed by atoms with Gasteiger partial charge in [-0.05, 0) is 18.2 Å². The molecule has 0 aliphatic carbocycles. The fraction of sp³-hybridized carbons (Fsp3) is 0.150. The molecule has 0 spiro atoms. The standard InChI is InChI=1S/C20H18N4O5/c1-29-18-9-7-14(24(27)28)10-13(18)11-17(19(21)25)23-20(26)16-8-6-12-4-2-3-5-15(12)22-16/h2-10,17H,11H2,1H3,(H2,21,25)(H,23,26)/t17-/m0/s1. The molecule has 3 N–H and O–H groups in total. The number of carbonyl (C=O) groups excluding carboxylic acids is 2. The van der Waals surface area contributed by atoms with Gasteiger partial charge in [-0.3, -0.25) is 19.7 Å². The third-order valence-corrected chi connectivity index (χ3v) is 4.38. The summed E-state index contributed by atoms with van der Waals surface area (Å²) in [7, 11) is 1.40. The van der Waals surface area contributed by atoms with Crippen LogP contribution in [-0.4, -0.2) is 34.9 Å². The van der Waals surface area contributed by atoms with Gasteiger partial charge >= 0.3 is 0 Å². The lowest BCUT2D eigenvalue weighted by molar-refractivity contribution is -0.384. The van der Waals surface area contributed by atoms with Crippen molar-refractivity contribution in [1.82, 2.24) is 10.3 Å². The molecule has 148 valence electrons. The topological polar surface area (TPSA) is 137 Å². The number of pyridine rings is 1. The maximum atomic E-state index is 12.6. The van der Waals surface area contributed by atoms with Crippen LogP contribution in [0.4, 0.5) is 5.69 Å². The number of hydrogen-bond donors (Lipinski definition) is 2. The molecule has 0 fully saturated rings. The molecular weight excluding hydrogens is 376 g/mol. The number of nitrogens with one attached hydrogen (secondary N) is 1. The fourth-order valence-electron chi connectivity index (χ4n) is 2.91. The van der Waals surface area contributed by atoms with E-state index < -0.39 is 22.8 Å². The van der Waals surface area contributed by atoms with Crippen LogP contribution in [0, 0.1) is 10.1 Å². The van der Waals surface area contributed by atoms with Crippen molar-refractivity contribution in [2.24, 2.45) is 5.73 Å². The summed E-state index contributed by atoms with van der Waals surface area (Å²) in [5.74, 6) is -1.02. The molecule has 1 heterocycles. The van der Waals surface area contributed by atoms with Gasteiger partial charge < -0.3 is 15.8 Å². The number of aromatic nitrogens is 1. The lowest BCUT2D eigenvalue weighted by atomic mass is 10.0. The maximum absolute atomic E-state index is 12.6. The normalized spacial score (nSPS) is 11.6. The van der Waals surface area contributed by atoms with Crippen LogP contribution in [0.5, 0.6) is 5.75 Å². The highest BCUT2D eigenvalue weighted by Crippen LogP contribution is 2.25. The summed E-state index contributed by atoms with van der Waals surface area (Å²) >= 11 is 0. The Morgan fingerprint density at radius 2 is 1.97 bits per heavy atom. The molecule has 2 aromatic carbocycles. The number of fused-ring (bicyclic) bond motifs is 1. The molecular formula is C20H18N4O5. The number of primary amides is 1. The first kappa shape index (κ1) is 19.7. The number of methoxy groups -OCH3 is 1. The third-order valence-electron chi connectivity index (χ3n) is 4.38. The van der Waals surface area contributed by atoms with Crippen molar-refractivity contribution < 1.29 is 19.2 Å². The SMILES string of the molecule is COc1ccc([N+](=O)[O-])cc1C[C@H](NC(=O)c1ccc2ccccc2n1)C(N)=O. The van der Waals surface area contributed by atoms with Crippen molar-refractivity contribution in [3.8, 4) is 5.75 Å². The summed E-state index contributed by atoms with van der Waals surface area (Å²) in [4.78, 5) is 39.3. The van der Waals surface area contributed by atoms with Crippen LogP contribution in [0.25, 0.3) is 10.9 Å². The van der Waals surface area contributed by atoms with Crippen molar-refractivity contribution in [2.75, 3.05) is 7.11 Å². The van der Waals surface area contributed by atoms with Crippen LogP contribution in [-0.2, 0) is 11.2 Å². The Hall–Kier alpha value is -4.01. The van der Waals surface area contributed by atoms with Crippen LogP contribution in [0.15, 0.2) is 54.6 Å². The lowest BCUT2D eigenvalue weighted by Gasteiger charge is -2.17. The number of hydrogen-bond acceptors (Lipinski definition) is 6. The first-order chi connectivity index (χ1) is 13.9. The summed E-state index contributed by atoms with van der Waals surface area (Å²) in [5.41, 5.74) is 6.42. The second-order valence-corrected chi connectivity index (χ2v) is 6.27. The van der Waals surface area contributed by atoms with Gasteiger partial charge in [-0.2, -0.15) is 0 Å². The molecule has 0 aliphatic rings. The Kier molecular flexibility index (Phi) is 5.68. The summed E-state index contributed by atoms with van der Waals surface area (Å²) in [6.07, 6.45) is -0.0699. The first-order valence-electron chi connectivity index (χ1n) is 8.66. The van der Waals surface area contributed by atoms with Crippen LogP contribution in [0.3, 0.4) is 0 Å². The Morgan fingerprint density at radius 3 is 2.66 bits per heavy atom. The number of rotatable bonds is 7. The molecule has 9 nitrogen and oxygen atoms in total. The zero-order valence-corrected chi connectivity index (χ0v) is 15.5. The van der Waals surface area contributed by atoms with Gasteiger partial charge in [0.1, 0.15) is 17.5 Å². The second kappa shape index (κ2) is 8.34. The summed E-state index contributed by atoms with van der Waals surface area (Å²) in [6.45, 7) is 0. The van der Waals surface area contributed by atoms with Gasteiger partial charge in [0.15, 0.2) is 0 Å². The van der Waals surface area contributed by atoms with E-state index in [0.717, 1.165) is 5.39 Å². The van der Waals surface area contributed by atoms with E-state index >= 15 is 0 Å². The molecule has 3 aromatic rings. The van der Waals surface area contributed by atoms with Gasteiger partial charge in [0.05, 0.1) is 17.5 Å². The monoisotopic (exact) mass is 394 g/mol. The van der Waals surface area contributed by atoms with E-state index in [4.69, 9.17) is 10.5 Å². The zero-order chi connectivity index (χ0) is 21.0. The second-order valence-electron chi connectivity index (χ2n) is 6.27. The molecule has 3 rings (SSSR count). The molecule has 1 atom stereocenters. The fourth-order valence-corrected chi connectivity index (χ4v) is 2.91. The molecule has 1 aromatic heterocycles. The highest BCUT2D eigenvalue weighted by Gasteiger charge is 2.23. The van der Waals surface area contributed by atoms with Crippen molar-refractivity contribution in [2.45, 2.75) is 12.5 Å². The minimum Gasteiger partial charge on any atom is -0.496 e. The molecule has 0 saturated carbocycles. The Morgan fingerprint density at radius 1 is 1.21 bits per heavy atom. The number of para-hydroxylation sites is 1. The van der Waals surface area contributed by atoms with Gasteiger partial charge in [0, 0.05) is 29.5 Å². The predicted octanol–water partition coefficient (Wildman–Crippen LogP) is 1.98. The highest BCUT2D eigenvalue weighted by molar-refractivity contribution is 5.97. The maximum Gasteiger partial charge on any atom is 0.270 e. The minimum absolute atomic E-state index is 0.0699. The van der Waals surface area contributed by atoms with Crippen LogP contribution in [0.2, 0.25) is 0 Å². The van der Waals surface area contributed by atoms with Gasteiger partial charge in [-0.15, -0.1) is 0 Å². The summed E-state index contributed by atoms with van der Waals surface area (Å²) in [6, 6.07) is 13.5. The lowest BCUT2D eigenvalue weighted by Crippen LogP contribution is -2.46. The van der Waals surface area contributed by atoms with Crippen LogP contribution < -0.4 is 15.8 Å². The van der Waals surface area contributed by atoms with Gasteiger partial charge in [0.2, 0.25) is 5.91 Å². The van der Waals surface area contributed by atoms with E-state index in [9.17, 15) is 19.7 Å². The predicted molar refractivity (Wildman–Crippen MR) is 106 cm³/mol. The van der Waals surface area contributed by atoms with E-state index in [2.05, 4.69) is 10.3 Å². The number of benzene rings is 2. The molecule has 0 unspecified atom stereocenters. The van der Waals surface area contributed by atoms with E-state index in [-0.39, 0.29) is 17.8 Å². The largest absolute Gasteiger partial charge is 0.496 e. The molecule has 9 heteroatoms. The van der Waals surface area contributed by atoms with Crippen molar-refractivity contribution in [3.63, 3.8) is 0 Å². The number of non-ortho nitro benzene ring substituents is 1. The van der Waals surface area contributed by atoms with Crippen molar-refractivity contribution in [1.29, 1.82) is 0 Å². The number of nitrogens with zero attached hydrogens (tertiary/aromatic N) is 2. The smallest absolute Gasteiger partial charge is 0.270 e. The Labute approximate surface area is 165 Å². The first-order valence-corrected chi connectivity index (χ1v) is 8.66. The van der Waals surface area contributed by atoms with Crippen LogP contribution >= 0.6 is 0 Å². The van der Waals surface area contributed by atoms with Crippen molar-refractivity contribution >= 4 is 28.4 Å². The summed E-state index contributed by atoms with van der Waals surface area (Å²) in [5, 5.41) is 14.5. The molecule has 29 heavy (non-hydrogen) atoms. The molecule has 0 saturated heterocycles. The Balaban J connectivity index is 1.84. The average Bonchev–Trinajstić information content (AvgIpc) is 2.72. The molecule has 0 radical (unpaired) electrons. The van der Waals surface area contributed by atoms with E-state index in [0.29, 0.717) is 16.8 Å². The third kappa shape index (κ3) is 4.46. The average molecular weight is 394 g/mol. The Bertz CT molecular complexity index is 1100. The molecule has 0 aliphatic heterocycles. The number of nitro groups is 1. The van der Waals surface area contributed by atoms with Gasteiger partial charge in [-0.1, -0.05) is 24.3 Å². The van der Waals surface area contributed by atoms with Gasteiger partial charge in [-0.25, -0.2) is 4.98 Å².